The molecule has 0 N–H and O–H groups in total. The Labute approximate surface area is 62.2 Å². The Kier molecular flexibility index (Phi) is 1.55. The summed E-state index contributed by atoms with van der Waals surface area (Å²) in [6.45, 7) is 9.19. The highest BCUT2D eigenvalue weighted by Crippen LogP contribution is 2.30. The second-order valence-electron chi connectivity index (χ2n) is 4.44. The van der Waals surface area contributed by atoms with Crippen LogP contribution in [0.1, 0.15) is 27.7 Å². The molecule has 0 unspecified atom stereocenters. The van der Waals surface area contributed by atoms with Crippen molar-refractivity contribution < 1.29 is 4.39 Å². The van der Waals surface area contributed by atoms with Crippen molar-refractivity contribution >= 4 is 0 Å². The van der Waals surface area contributed by atoms with E-state index in [1.807, 2.05) is 0 Å². The first-order valence-corrected chi connectivity index (χ1v) is 3.75. The molecule has 1 nitrogen and oxygen atoms in total. The van der Waals surface area contributed by atoms with Gasteiger partial charge in [0.2, 0.25) is 0 Å². The second kappa shape index (κ2) is 1.94. The van der Waals surface area contributed by atoms with Crippen LogP contribution in [0.5, 0.6) is 0 Å². The van der Waals surface area contributed by atoms with E-state index in [0.717, 1.165) is 0 Å². The summed E-state index contributed by atoms with van der Waals surface area (Å²) < 4.78 is 12.9. The fraction of sp³-hybridized carbons (Fsp3) is 1.00. The number of likely N-dealkylation sites (tertiary alicyclic amines) is 1. The van der Waals surface area contributed by atoms with E-state index >= 15 is 0 Å². The summed E-state index contributed by atoms with van der Waals surface area (Å²) >= 11 is 0. The van der Waals surface area contributed by atoms with E-state index < -0.39 is 5.67 Å². The van der Waals surface area contributed by atoms with E-state index in [1.54, 1.807) is 6.92 Å². The van der Waals surface area contributed by atoms with Crippen molar-refractivity contribution in [2.75, 3.05) is 13.1 Å². The van der Waals surface area contributed by atoms with Gasteiger partial charge in [0.25, 0.3) is 0 Å². The summed E-state index contributed by atoms with van der Waals surface area (Å²) in [4.78, 5) is 2.15. The van der Waals surface area contributed by atoms with Gasteiger partial charge < -0.3 is 0 Å². The molecule has 1 saturated heterocycles. The van der Waals surface area contributed by atoms with E-state index in [0.29, 0.717) is 13.1 Å². The quantitative estimate of drug-likeness (QED) is 0.502. The van der Waals surface area contributed by atoms with Gasteiger partial charge >= 0.3 is 0 Å². The van der Waals surface area contributed by atoms with E-state index in [-0.39, 0.29) is 5.54 Å². The summed E-state index contributed by atoms with van der Waals surface area (Å²) in [5.41, 5.74) is -0.779. The molecule has 60 valence electrons. The van der Waals surface area contributed by atoms with Crippen molar-refractivity contribution in [3.05, 3.63) is 0 Å². The summed E-state index contributed by atoms with van der Waals surface area (Å²) in [7, 11) is 0. The summed E-state index contributed by atoms with van der Waals surface area (Å²) in [6, 6.07) is 0. The first-order chi connectivity index (χ1) is 4.31. The van der Waals surface area contributed by atoms with E-state index in [1.165, 1.54) is 0 Å². The van der Waals surface area contributed by atoms with Crippen LogP contribution in [0, 0.1) is 0 Å². The van der Waals surface area contributed by atoms with Gasteiger partial charge in [0.15, 0.2) is 0 Å². The molecule has 1 aliphatic heterocycles. The molecule has 0 amide bonds. The van der Waals surface area contributed by atoms with Gasteiger partial charge in [0, 0.05) is 18.6 Å². The first kappa shape index (κ1) is 7.99. The summed E-state index contributed by atoms with van der Waals surface area (Å²) in [5.74, 6) is 0. The molecule has 1 rings (SSSR count). The van der Waals surface area contributed by atoms with Crippen LogP contribution in [0.3, 0.4) is 0 Å². The minimum atomic E-state index is -0.923. The molecule has 0 aromatic rings. The molecule has 0 spiro atoms. The largest absolute Gasteiger partial charge is 0.292 e. The molecule has 1 heterocycles. The van der Waals surface area contributed by atoms with Crippen LogP contribution in [0.2, 0.25) is 0 Å². The molecule has 0 aromatic heterocycles. The van der Waals surface area contributed by atoms with Crippen LogP contribution in [-0.4, -0.2) is 29.2 Å². The third-order valence-electron chi connectivity index (χ3n) is 1.99. The zero-order valence-electron chi connectivity index (χ0n) is 7.24. The Hall–Kier alpha value is -0.110. The second-order valence-corrected chi connectivity index (χ2v) is 4.44. The Balaban J connectivity index is 2.40. The lowest BCUT2D eigenvalue weighted by Gasteiger charge is -2.49. The third kappa shape index (κ3) is 1.48. The van der Waals surface area contributed by atoms with Gasteiger partial charge in [-0.15, -0.1) is 0 Å². The standard InChI is InChI=1S/C8H16FN/c1-7(2,3)10-5-8(4,9)6-10/h5-6H2,1-4H3. The fourth-order valence-corrected chi connectivity index (χ4v) is 1.22. The molecule has 10 heavy (non-hydrogen) atoms. The maximum absolute atomic E-state index is 12.9. The van der Waals surface area contributed by atoms with Gasteiger partial charge in [-0.25, -0.2) is 4.39 Å². The van der Waals surface area contributed by atoms with Gasteiger partial charge in [0.1, 0.15) is 5.67 Å². The van der Waals surface area contributed by atoms with Gasteiger partial charge in [-0.05, 0) is 27.7 Å². The van der Waals surface area contributed by atoms with E-state index in [9.17, 15) is 4.39 Å². The minimum absolute atomic E-state index is 0.144. The van der Waals surface area contributed by atoms with Crippen molar-refractivity contribution in [1.82, 2.24) is 4.90 Å². The molecule has 0 aliphatic carbocycles. The molecule has 0 saturated carbocycles. The summed E-state index contributed by atoms with van der Waals surface area (Å²) in [6.07, 6.45) is 0. The monoisotopic (exact) mass is 145 g/mol. The molecular weight excluding hydrogens is 129 g/mol. The van der Waals surface area contributed by atoms with Gasteiger partial charge in [-0.3, -0.25) is 4.90 Å². The highest BCUT2D eigenvalue weighted by Gasteiger charge is 2.43. The highest BCUT2D eigenvalue weighted by atomic mass is 19.1. The molecule has 0 atom stereocenters. The Morgan fingerprint density at radius 3 is 1.80 bits per heavy atom. The lowest BCUT2D eigenvalue weighted by molar-refractivity contribution is -0.0681. The third-order valence-corrected chi connectivity index (χ3v) is 1.99. The predicted octanol–water partition coefficient (Wildman–Crippen LogP) is 1.83. The van der Waals surface area contributed by atoms with Crippen LogP contribution in [-0.2, 0) is 0 Å². The molecule has 0 aromatic carbocycles. The van der Waals surface area contributed by atoms with Gasteiger partial charge in [-0.2, -0.15) is 0 Å². The lowest BCUT2D eigenvalue weighted by atomic mass is 9.92. The maximum atomic E-state index is 12.9. The van der Waals surface area contributed by atoms with Crippen LogP contribution < -0.4 is 0 Å². The van der Waals surface area contributed by atoms with Crippen molar-refractivity contribution in [1.29, 1.82) is 0 Å². The molecule has 0 bridgehead atoms. The van der Waals surface area contributed by atoms with Crippen molar-refractivity contribution in [2.45, 2.75) is 38.9 Å². The number of nitrogens with zero attached hydrogens (tertiary/aromatic N) is 1. The van der Waals surface area contributed by atoms with E-state index in [2.05, 4.69) is 25.7 Å². The van der Waals surface area contributed by atoms with Crippen LogP contribution in [0.25, 0.3) is 0 Å². The SMILES string of the molecule is CC1(F)CN(C(C)(C)C)C1. The zero-order chi connectivity index (χ0) is 7.99. The number of hydrogen-bond donors (Lipinski definition) is 0. The van der Waals surface area contributed by atoms with Gasteiger partial charge in [0.05, 0.1) is 0 Å². The Bertz CT molecular complexity index is 127. The predicted molar refractivity (Wildman–Crippen MR) is 40.8 cm³/mol. The molecule has 2 heteroatoms. The first-order valence-electron chi connectivity index (χ1n) is 3.75. The highest BCUT2D eigenvalue weighted by molar-refractivity contribution is 4.97. The van der Waals surface area contributed by atoms with Crippen molar-refractivity contribution in [3.8, 4) is 0 Å². The van der Waals surface area contributed by atoms with E-state index in [4.69, 9.17) is 0 Å². The molecule has 1 fully saturated rings. The van der Waals surface area contributed by atoms with Crippen LogP contribution >= 0.6 is 0 Å². The van der Waals surface area contributed by atoms with Gasteiger partial charge in [-0.1, -0.05) is 0 Å². The van der Waals surface area contributed by atoms with Crippen molar-refractivity contribution in [3.63, 3.8) is 0 Å². The summed E-state index contributed by atoms with van der Waals surface area (Å²) in [5, 5.41) is 0. The lowest BCUT2D eigenvalue weighted by Crippen LogP contribution is -2.63. The molecule has 0 radical (unpaired) electrons. The Morgan fingerprint density at radius 2 is 1.70 bits per heavy atom. The number of alkyl halides is 1. The number of hydrogen-bond acceptors (Lipinski definition) is 1. The Morgan fingerprint density at radius 1 is 1.30 bits per heavy atom. The fourth-order valence-electron chi connectivity index (χ4n) is 1.22. The smallest absolute Gasteiger partial charge is 0.133 e. The molecule has 1 aliphatic rings. The average molecular weight is 145 g/mol. The maximum Gasteiger partial charge on any atom is 0.133 e. The van der Waals surface area contributed by atoms with Crippen LogP contribution in [0.4, 0.5) is 4.39 Å². The minimum Gasteiger partial charge on any atom is -0.292 e. The van der Waals surface area contributed by atoms with Crippen LogP contribution in [0.15, 0.2) is 0 Å². The number of rotatable bonds is 0. The van der Waals surface area contributed by atoms with Crippen molar-refractivity contribution in [2.24, 2.45) is 0 Å². The molecular formula is C8H16FN. The number of halogens is 1. The topological polar surface area (TPSA) is 3.24 Å². The average Bonchev–Trinajstić information content (AvgIpc) is 1.56. The normalized spacial score (nSPS) is 26.1. The zero-order valence-corrected chi connectivity index (χ0v) is 7.24.